The van der Waals surface area contributed by atoms with Crippen molar-refractivity contribution in [2.45, 2.75) is 60.0 Å². The van der Waals surface area contributed by atoms with Crippen LogP contribution >= 0.6 is 0 Å². The number of aromatic amines is 1. The summed E-state index contributed by atoms with van der Waals surface area (Å²) in [5.41, 5.74) is 6.39. The van der Waals surface area contributed by atoms with E-state index >= 15 is 0 Å². The average molecular weight is 445 g/mol. The second-order valence-corrected chi connectivity index (χ2v) is 8.98. The van der Waals surface area contributed by atoms with Crippen LogP contribution in [0.3, 0.4) is 0 Å². The Kier molecular flexibility index (Phi) is 6.87. The lowest BCUT2D eigenvalue weighted by molar-refractivity contribution is 0.498. The van der Waals surface area contributed by atoms with Gasteiger partial charge in [0.25, 0.3) is 0 Å². The largest absolute Gasteiger partial charge is 0.328 e. The van der Waals surface area contributed by atoms with E-state index in [4.69, 9.17) is 0 Å². The zero-order valence-corrected chi connectivity index (χ0v) is 19.9. The fourth-order valence-corrected chi connectivity index (χ4v) is 4.33. The first-order valence-corrected chi connectivity index (χ1v) is 11.7. The van der Waals surface area contributed by atoms with E-state index < -0.39 is 0 Å². The van der Waals surface area contributed by atoms with Gasteiger partial charge in [-0.05, 0) is 58.9 Å². The molecule has 2 aromatic heterocycles. The number of benzene rings is 2. The number of hydrogen-bond donors (Lipinski definition) is 1. The molecule has 172 valence electrons. The molecule has 0 aliphatic carbocycles. The Morgan fingerprint density at radius 3 is 2.48 bits per heavy atom. The van der Waals surface area contributed by atoms with E-state index in [1.54, 1.807) is 0 Å². The molecule has 7 nitrogen and oxygen atoms in total. The fourth-order valence-electron chi connectivity index (χ4n) is 4.33. The molecule has 0 bridgehead atoms. The Balaban J connectivity index is 1.76. The van der Waals surface area contributed by atoms with Crippen LogP contribution in [0.5, 0.6) is 0 Å². The normalized spacial score (nSPS) is 11.4. The fraction of sp³-hybridized carbons (Fsp3) is 0.385. The van der Waals surface area contributed by atoms with Gasteiger partial charge in [0.1, 0.15) is 0 Å². The third-order valence-electron chi connectivity index (χ3n) is 6.14. The maximum atomic E-state index is 13.4. The third-order valence-corrected chi connectivity index (χ3v) is 6.14. The predicted molar refractivity (Wildman–Crippen MR) is 131 cm³/mol. The molecule has 2 aromatic carbocycles. The van der Waals surface area contributed by atoms with Gasteiger partial charge in [-0.25, -0.2) is 9.89 Å². The lowest BCUT2D eigenvalue weighted by Crippen LogP contribution is -2.26. The van der Waals surface area contributed by atoms with Gasteiger partial charge in [0.05, 0.1) is 6.54 Å². The lowest BCUT2D eigenvalue weighted by Gasteiger charge is -2.12. The summed E-state index contributed by atoms with van der Waals surface area (Å²) < 4.78 is 3.89. The molecular formula is C26H32N6O. The van der Waals surface area contributed by atoms with Crippen LogP contribution in [0.4, 0.5) is 0 Å². The van der Waals surface area contributed by atoms with E-state index in [-0.39, 0.29) is 5.69 Å². The summed E-state index contributed by atoms with van der Waals surface area (Å²) in [4.78, 5) is 13.4. The Morgan fingerprint density at radius 2 is 1.82 bits per heavy atom. The van der Waals surface area contributed by atoms with Crippen molar-refractivity contribution in [3.8, 4) is 22.5 Å². The van der Waals surface area contributed by atoms with Gasteiger partial charge in [0.2, 0.25) is 0 Å². The third kappa shape index (κ3) is 4.82. The zero-order chi connectivity index (χ0) is 23.4. The summed E-state index contributed by atoms with van der Waals surface area (Å²) in [5.74, 6) is 1.17. The molecule has 1 N–H and O–H groups in total. The van der Waals surface area contributed by atoms with E-state index in [0.717, 1.165) is 59.4 Å². The Labute approximate surface area is 194 Å². The molecule has 7 heteroatoms. The molecule has 4 rings (SSSR count). The molecule has 0 saturated heterocycles. The van der Waals surface area contributed by atoms with Crippen molar-refractivity contribution in [3.05, 3.63) is 76.0 Å². The number of aromatic nitrogens is 6. The second-order valence-electron chi connectivity index (χ2n) is 8.98. The van der Waals surface area contributed by atoms with E-state index in [1.165, 1.54) is 0 Å². The summed E-state index contributed by atoms with van der Waals surface area (Å²) in [7, 11) is 0. The first-order chi connectivity index (χ1) is 16.0. The van der Waals surface area contributed by atoms with Crippen LogP contribution in [0, 0.1) is 12.8 Å². The first kappa shape index (κ1) is 22.7. The van der Waals surface area contributed by atoms with E-state index in [0.29, 0.717) is 18.3 Å². The number of nitrogens with zero attached hydrogens (tertiary/aromatic N) is 5. The molecule has 0 fully saturated rings. The van der Waals surface area contributed by atoms with Crippen molar-refractivity contribution in [1.29, 1.82) is 0 Å². The van der Waals surface area contributed by atoms with Gasteiger partial charge in [-0.3, -0.25) is 9.13 Å². The number of H-pyrrole nitrogens is 1. The van der Waals surface area contributed by atoms with Crippen molar-refractivity contribution in [2.24, 2.45) is 5.92 Å². The van der Waals surface area contributed by atoms with Crippen molar-refractivity contribution in [2.75, 3.05) is 0 Å². The number of imidazole rings is 1. The van der Waals surface area contributed by atoms with Gasteiger partial charge in [-0.2, -0.15) is 0 Å². The van der Waals surface area contributed by atoms with E-state index in [2.05, 4.69) is 78.7 Å². The van der Waals surface area contributed by atoms with E-state index in [1.807, 2.05) is 27.3 Å². The van der Waals surface area contributed by atoms with Gasteiger partial charge >= 0.3 is 5.69 Å². The maximum absolute atomic E-state index is 13.4. The van der Waals surface area contributed by atoms with Gasteiger partial charge < -0.3 is 0 Å². The van der Waals surface area contributed by atoms with Gasteiger partial charge in [-0.1, -0.05) is 69.7 Å². The van der Waals surface area contributed by atoms with Crippen molar-refractivity contribution >= 4 is 0 Å². The van der Waals surface area contributed by atoms with Crippen LogP contribution in [-0.2, 0) is 19.5 Å². The number of hydrogen-bond acceptors (Lipinski definition) is 4. The minimum Gasteiger partial charge on any atom is -0.296 e. The standard InChI is InChI=1S/C26H32N6O/c1-5-9-24-19(4)31(15-14-18(2)3)26(33)32(24)17-20-12-13-22(21-10-7-6-8-11-21)23(16-20)25-27-29-30-28-25/h6-8,10-13,16,18H,5,9,14-15,17H2,1-4H3,(H,27,28,29,30). The minimum absolute atomic E-state index is 0.0756. The summed E-state index contributed by atoms with van der Waals surface area (Å²) >= 11 is 0. The SMILES string of the molecule is CCCc1c(C)n(CCC(C)C)c(=O)n1Cc1ccc(-c2ccccc2)c(-c2nnn[nH]2)c1. The van der Waals surface area contributed by atoms with Crippen LogP contribution in [0.15, 0.2) is 53.3 Å². The molecule has 0 aliphatic rings. The Bertz CT molecular complexity index is 1250. The second kappa shape index (κ2) is 9.98. The maximum Gasteiger partial charge on any atom is 0.328 e. The van der Waals surface area contributed by atoms with Crippen LogP contribution in [0.1, 0.15) is 50.6 Å². The summed E-state index contributed by atoms with van der Waals surface area (Å²) in [6.07, 6.45) is 2.87. The molecule has 0 saturated carbocycles. The minimum atomic E-state index is 0.0756. The quantitative estimate of drug-likeness (QED) is 0.400. The van der Waals surface area contributed by atoms with Gasteiger partial charge in [-0.15, -0.1) is 5.10 Å². The monoisotopic (exact) mass is 444 g/mol. The average Bonchev–Trinajstić information content (AvgIpc) is 3.42. The summed E-state index contributed by atoms with van der Waals surface area (Å²) in [5, 5.41) is 14.6. The molecular weight excluding hydrogens is 412 g/mol. The zero-order valence-electron chi connectivity index (χ0n) is 19.9. The molecule has 4 aromatic rings. The van der Waals surface area contributed by atoms with Crippen LogP contribution in [0.2, 0.25) is 0 Å². The highest BCUT2D eigenvalue weighted by Crippen LogP contribution is 2.31. The molecule has 2 heterocycles. The number of rotatable bonds is 9. The molecule has 0 spiro atoms. The molecule has 0 aliphatic heterocycles. The Hall–Kier alpha value is -3.48. The molecule has 0 unspecified atom stereocenters. The summed E-state index contributed by atoms with van der Waals surface area (Å²) in [6, 6.07) is 16.5. The Morgan fingerprint density at radius 1 is 1.03 bits per heavy atom. The topological polar surface area (TPSA) is 81.4 Å². The van der Waals surface area contributed by atoms with Crippen molar-refractivity contribution in [3.63, 3.8) is 0 Å². The first-order valence-electron chi connectivity index (χ1n) is 11.7. The lowest BCUT2D eigenvalue weighted by atomic mass is 9.97. The van der Waals surface area contributed by atoms with Gasteiger partial charge in [0.15, 0.2) is 5.82 Å². The van der Waals surface area contributed by atoms with Gasteiger partial charge in [0, 0.05) is 23.5 Å². The van der Waals surface area contributed by atoms with Crippen LogP contribution in [0.25, 0.3) is 22.5 Å². The van der Waals surface area contributed by atoms with Crippen LogP contribution < -0.4 is 5.69 Å². The molecule has 33 heavy (non-hydrogen) atoms. The predicted octanol–water partition coefficient (Wildman–Crippen LogP) is 4.85. The van der Waals surface area contributed by atoms with Crippen molar-refractivity contribution < 1.29 is 0 Å². The molecule has 0 amide bonds. The van der Waals surface area contributed by atoms with Crippen molar-refractivity contribution in [1.82, 2.24) is 29.8 Å². The highest BCUT2D eigenvalue weighted by Gasteiger charge is 2.18. The molecule has 0 radical (unpaired) electrons. The van der Waals surface area contributed by atoms with Crippen LogP contribution in [-0.4, -0.2) is 29.8 Å². The van der Waals surface area contributed by atoms with E-state index in [9.17, 15) is 4.79 Å². The summed E-state index contributed by atoms with van der Waals surface area (Å²) in [6.45, 7) is 9.90. The highest BCUT2D eigenvalue weighted by atomic mass is 16.1. The smallest absolute Gasteiger partial charge is 0.296 e. The molecule has 0 atom stereocenters. The number of tetrazole rings is 1. The number of nitrogens with one attached hydrogen (secondary N) is 1. The highest BCUT2D eigenvalue weighted by molar-refractivity contribution is 5.80.